The summed E-state index contributed by atoms with van der Waals surface area (Å²) in [5.41, 5.74) is 0.823. The molecule has 2 aromatic heterocycles. The zero-order chi connectivity index (χ0) is 28.5. The predicted octanol–water partition coefficient (Wildman–Crippen LogP) is 6.02. The molecular weight excluding hydrogens is 570 g/mol. The van der Waals surface area contributed by atoms with Crippen LogP contribution in [0.5, 0.6) is 11.5 Å². The number of anilines is 3. The number of carbonyl (C=O) groups is 1. The van der Waals surface area contributed by atoms with Crippen LogP contribution in [0.15, 0.2) is 59.7 Å². The molecule has 5 rings (SSSR count). The van der Waals surface area contributed by atoms with Crippen molar-refractivity contribution >= 4 is 72.2 Å². The Kier molecular flexibility index (Phi) is 7.72. The van der Waals surface area contributed by atoms with Crippen LogP contribution in [0.3, 0.4) is 0 Å². The smallest absolute Gasteiger partial charge is 0.247 e. The first-order valence-corrected chi connectivity index (χ1v) is 15.8. The molecule has 9 nitrogen and oxygen atoms in total. The van der Waals surface area contributed by atoms with Gasteiger partial charge in [-0.1, -0.05) is 17.7 Å². The molecule has 12 heteroatoms. The summed E-state index contributed by atoms with van der Waals surface area (Å²) in [6.07, 6.45) is 4.73. The van der Waals surface area contributed by atoms with E-state index in [1.165, 1.54) is 6.33 Å². The predicted molar refractivity (Wildman–Crippen MR) is 162 cm³/mol. The number of carbonyl (C=O) groups excluding carboxylic acids is 1. The summed E-state index contributed by atoms with van der Waals surface area (Å²) in [4.78, 5) is 21.9. The third-order valence-electron chi connectivity index (χ3n) is 6.13. The van der Waals surface area contributed by atoms with Crippen LogP contribution >= 0.6 is 22.9 Å². The summed E-state index contributed by atoms with van der Waals surface area (Å²) in [5, 5.41) is 12.8. The Balaban J connectivity index is 1.38. The van der Waals surface area contributed by atoms with Gasteiger partial charge < -0.3 is 20.7 Å². The number of benzene rings is 2. The number of hydrogen-bond donors (Lipinski definition) is 3. The molecule has 0 atom stereocenters. The lowest BCUT2D eigenvalue weighted by atomic mass is 10.0. The molecule has 0 aliphatic carbocycles. The van der Waals surface area contributed by atoms with Crippen LogP contribution in [0.4, 0.5) is 17.3 Å². The zero-order valence-corrected chi connectivity index (χ0v) is 24.5. The average molecular weight is 598 g/mol. The summed E-state index contributed by atoms with van der Waals surface area (Å²) < 4.78 is 30.9. The van der Waals surface area contributed by atoms with Crippen molar-refractivity contribution in [2.75, 3.05) is 29.2 Å². The summed E-state index contributed by atoms with van der Waals surface area (Å²) in [6.45, 7) is 3.84. The second-order valence-electron chi connectivity index (χ2n) is 10.2. The molecule has 1 amide bonds. The molecule has 0 radical (unpaired) electrons. The van der Waals surface area contributed by atoms with E-state index in [-0.39, 0.29) is 11.7 Å². The van der Waals surface area contributed by atoms with Gasteiger partial charge in [0.15, 0.2) is 0 Å². The Morgan fingerprint density at radius 2 is 2.00 bits per heavy atom. The first-order chi connectivity index (χ1) is 19.0. The minimum Gasteiger partial charge on any atom is -0.455 e. The highest BCUT2D eigenvalue weighted by molar-refractivity contribution is 7.90. The highest BCUT2D eigenvalue weighted by Gasteiger charge is 2.27. The monoisotopic (exact) mass is 597 g/mol. The lowest BCUT2D eigenvalue weighted by Crippen LogP contribution is -2.48. The van der Waals surface area contributed by atoms with E-state index in [2.05, 4.69) is 25.9 Å². The van der Waals surface area contributed by atoms with E-state index < -0.39 is 15.4 Å². The Labute approximate surface area is 241 Å². The summed E-state index contributed by atoms with van der Waals surface area (Å²) in [7, 11) is -3.28. The van der Waals surface area contributed by atoms with Crippen molar-refractivity contribution in [3.05, 3.63) is 70.3 Å². The SMILES string of the molecule is CC(C)(CS(C)(=O)=O)NC(=O)C1=Cc2c(ncnc2Nc2ccc(Oc3cccc4sccc34)c(Cl)c2)NCC1. The topological polar surface area (TPSA) is 122 Å². The molecule has 40 heavy (non-hydrogen) atoms. The van der Waals surface area contributed by atoms with Crippen LogP contribution in [0.2, 0.25) is 5.02 Å². The molecule has 0 saturated heterocycles. The van der Waals surface area contributed by atoms with E-state index in [0.717, 1.165) is 22.1 Å². The minimum atomic E-state index is -3.28. The number of thiophene rings is 1. The lowest BCUT2D eigenvalue weighted by molar-refractivity contribution is -0.118. The van der Waals surface area contributed by atoms with Crippen molar-refractivity contribution in [3.8, 4) is 11.5 Å². The fraction of sp³-hybridized carbons (Fsp3) is 0.250. The molecule has 1 aliphatic rings. The minimum absolute atomic E-state index is 0.174. The molecule has 0 fully saturated rings. The molecule has 208 valence electrons. The molecule has 3 heterocycles. The fourth-order valence-electron chi connectivity index (χ4n) is 4.56. The number of aromatic nitrogens is 2. The molecule has 0 spiro atoms. The Morgan fingerprint density at radius 1 is 1.18 bits per heavy atom. The number of fused-ring (bicyclic) bond motifs is 2. The van der Waals surface area contributed by atoms with E-state index in [0.29, 0.717) is 52.2 Å². The number of nitrogens with one attached hydrogen (secondary N) is 3. The molecule has 4 aromatic rings. The van der Waals surface area contributed by atoms with Gasteiger partial charge in [-0.3, -0.25) is 4.79 Å². The van der Waals surface area contributed by atoms with E-state index in [4.69, 9.17) is 16.3 Å². The van der Waals surface area contributed by atoms with Gasteiger partial charge in [0, 0.05) is 39.7 Å². The molecule has 3 N–H and O–H groups in total. The molecule has 0 unspecified atom stereocenters. The number of ether oxygens (including phenoxy) is 1. The number of amides is 1. The zero-order valence-electron chi connectivity index (χ0n) is 22.1. The Bertz CT molecular complexity index is 1730. The highest BCUT2D eigenvalue weighted by atomic mass is 35.5. The van der Waals surface area contributed by atoms with Gasteiger partial charge >= 0.3 is 0 Å². The van der Waals surface area contributed by atoms with Crippen LogP contribution in [-0.4, -0.2) is 48.4 Å². The normalized spacial score (nSPS) is 13.6. The van der Waals surface area contributed by atoms with Crippen molar-refractivity contribution < 1.29 is 17.9 Å². The van der Waals surface area contributed by atoms with Crippen LogP contribution < -0.4 is 20.7 Å². The second-order valence-corrected chi connectivity index (χ2v) is 13.7. The van der Waals surface area contributed by atoms with Gasteiger partial charge in [-0.2, -0.15) is 0 Å². The number of rotatable bonds is 8. The largest absolute Gasteiger partial charge is 0.455 e. The van der Waals surface area contributed by atoms with Gasteiger partial charge in [-0.05, 0) is 68.1 Å². The van der Waals surface area contributed by atoms with Gasteiger partial charge in [-0.15, -0.1) is 11.3 Å². The second kappa shape index (κ2) is 11.1. The first-order valence-electron chi connectivity index (χ1n) is 12.5. The van der Waals surface area contributed by atoms with E-state index >= 15 is 0 Å². The van der Waals surface area contributed by atoms with Gasteiger partial charge in [-0.25, -0.2) is 18.4 Å². The number of sulfone groups is 1. The number of halogens is 1. The Hall–Kier alpha value is -3.67. The van der Waals surface area contributed by atoms with Crippen molar-refractivity contribution in [2.24, 2.45) is 0 Å². The third-order valence-corrected chi connectivity index (χ3v) is 8.55. The lowest BCUT2D eigenvalue weighted by Gasteiger charge is -2.25. The summed E-state index contributed by atoms with van der Waals surface area (Å²) in [6, 6.07) is 13.3. The van der Waals surface area contributed by atoms with E-state index in [1.54, 1.807) is 43.4 Å². The van der Waals surface area contributed by atoms with E-state index in [9.17, 15) is 13.2 Å². The van der Waals surface area contributed by atoms with Gasteiger partial charge in [0.2, 0.25) is 5.91 Å². The molecule has 0 saturated carbocycles. The maximum absolute atomic E-state index is 13.1. The Morgan fingerprint density at radius 3 is 2.77 bits per heavy atom. The fourth-order valence-corrected chi connectivity index (χ4v) is 6.97. The number of nitrogens with zero attached hydrogens (tertiary/aromatic N) is 2. The molecule has 0 bridgehead atoms. The van der Waals surface area contributed by atoms with E-state index in [1.807, 2.05) is 35.7 Å². The maximum Gasteiger partial charge on any atom is 0.247 e. The van der Waals surface area contributed by atoms with Gasteiger partial charge in [0.05, 0.1) is 16.3 Å². The van der Waals surface area contributed by atoms with Crippen LogP contribution in [0.1, 0.15) is 25.8 Å². The van der Waals surface area contributed by atoms with Gasteiger partial charge in [0.25, 0.3) is 0 Å². The average Bonchev–Trinajstić information content (AvgIpc) is 3.23. The van der Waals surface area contributed by atoms with Crippen LogP contribution in [0, 0.1) is 0 Å². The quantitative estimate of drug-likeness (QED) is 0.225. The van der Waals surface area contributed by atoms with Crippen molar-refractivity contribution in [1.29, 1.82) is 0 Å². The van der Waals surface area contributed by atoms with Crippen LogP contribution in [0.25, 0.3) is 16.2 Å². The first kappa shape index (κ1) is 27.9. The third kappa shape index (κ3) is 6.55. The highest BCUT2D eigenvalue weighted by Crippen LogP contribution is 2.37. The molecular formula is C28H28ClN5O4S2. The van der Waals surface area contributed by atoms with Crippen molar-refractivity contribution in [3.63, 3.8) is 0 Å². The summed E-state index contributed by atoms with van der Waals surface area (Å²) >= 11 is 8.24. The summed E-state index contributed by atoms with van der Waals surface area (Å²) in [5.74, 6) is 1.78. The molecule has 2 aromatic carbocycles. The van der Waals surface area contributed by atoms with Crippen molar-refractivity contribution in [2.45, 2.75) is 25.8 Å². The maximum atomic E-state index is 13.1. The van der Waals surface area contributed by atoms with Gasteiger partial charge in [0.1, 0.15) is 39.3 Å². The van der Waals surface area contributed by atoms with Crippen LogP contribution in [-0.2, 0) is 14.6 Å². The van der Waals surface area contributed by atoms with Crippen molar-refractivity contribution in [1.82, 2.24) is 15.3 Å². The standard InChI is InChI=1S/C28H28ClN5O4S2/c1-28(2,15-40(3,36)37)34-27(35)17-9-11-30-25-20(13-17)26(32-16-31-25)33-18-7-8-23(21(29)14-18)38-22-5-4-6-24-19(22)10-12-39-24/h4-8,10,12-14,16H,9,11,15H2,1-3H3,(H,34,35)(H2,30,31,32,33). The number of hydrogen-bond acceptors (Lipinski definition) is 9. The molecule has 1 aliphatic heterocycles.